The lowest BCUT2D eigenvalue weighted by molar-refractivity contribution is 0.713. The number of hydrogen-bond donors (Lipinski definition) is 3. The summed E-state index contributed by atoms with van der Waals surface area (Å²) < 4.78 is 0. The van der Waals surface area contributed by atoms with Gasteiger partial charge in [-0.2, -0.15) is 0 Å². The van der Waals surface area contributed by atoms with Crippen LogP contribution in [0.3, 0.4) is 0 Å². The summed E-state index contributed by atoms with van der Waals surface area (Å²) >= 11 is 0. The SMILES string of the molecule is CC1CN=C(NCCN)N1. The zero-order valence-electron chi connectivity index (χ0n) is 6.22. The van der Waals surface area contributed by atoms with Crippen LogP contribution in [-0.2, 0) is 0 Å². The summed E-state index contributed by atoms with van der Waals surface area (Å²) in [6.07, 6.45) is 0. The zero-order chi connectivity index (χ0) is 7.40. The Kier molecular flexibility index (Phi) is 2.50. The molecule has 4 N–H and O–H groups in total. The number of nitrogens with zero attached hydrogens (tertiary/aromatic N) is 1. The van der Waals surface area contributed by atoms with Crippen LogP contribution in [0.15, 0.2) is 4.99 Å². The van der Waals surface area contributed by atoms with Gasteiger partial charge in [-0.1, -0.05) is 0 Å². The topological polar surface area (TPSA) is 62.4 Å². The van der Waals surface area contributed by atoms with Gasteiger partial charge in [-0.15, -0.1) is 0 Å². The van der Waals surface area contributed by atoms with Crippen molar-refractivity contribution >= 4 is 5.96 Å². The summed E-state index contributed by atoms with van der Waals surface area (Å²) in [6, 6.07) is 0.472. The van der Waals surface area contributed by atoms with E-state index in [-0.39, 0.29) is 0 Å². The van der Waals surface area contributed by atoms with Crippen LogP contribution in [0.2, 0.25) is 0 Å². The highest BCUT2D eigenvalue weighted by molar-refractivity contribution is 5.81. The third-order valence-corrected chi connectivity index (χ3v) is 1.34. The highest BCUT2D eigenvalue weighted by atomic mass is 15.2. The monoisotopic (exact) mass is 142 g/mol. The van der Waals surface area contributed by atoms with Crippen LogP contribution in [0.5, 0.6) is 0 Å². The maximum absolute atomic E-state index is 5.30. The van der Waals surface area contributed by atoms with Gasteiger partial charge in [0.1, 0.15) is 0 Å². The molecule has 0 amide bonds. The van der Waals surface area contributed by atoms with Crippen molar-refractivity contribution in [3.05, 3.63) is 0 Å². The first-order chi connectivity index (χ1) is 4.83. The average Bonchev–Trinajstić information content (AvgIpc) is 2.31. The summed E-state index contributed by atoms with van der Waals surface area (Å²) in [7, 11) is 0. The number of nitrogens with two attached hydrogens (primary N) is 1. The Morgan fingerprint density at radius 2 is 2.70 bits per heavy atom. The normalized spacial score (nSPS) is 23.8. The predicted octanol–water partition coefficient (Wildman–Crippen LogP) is -1.12. The van der Waals surface area contributed by atoms with Crippen molar-refractivity contribution in [2.45, 2.75) is 13.0 Å². The number of aliphatic imine (C=N–C) groups is 1. The second kappa shape index (κ2) is 3.41. The van der Waals surface area contributed by atoms with E-state index in [2.05, 4.69) is 22.5 Å². The van der Waals surface area contributed by atoms with Gasteiger partial charge in [0, 0.05) is 19.1 Å². The fourth-order valence-electron chi connectivity index (χ4n) is 0.850. The van der Waals surface area contributed by atoms with Crippen molar-refractivity contribution in [3.63, 3.8) is 0 Å². The van der Waals surface area contributed by atoms with Gasteiger partial charge < -0.3 is 16.4 Å². The minimum absolute atomic E-state index is 0.472. The molecule has 10 heavy (non-hydrogen) atoms. The van der Waals surface area contributed by atoms with E-state index < -0.39 is 0 Å². The Labute approximate surface area is 60.9 Å². The third-order valence-electron chi connectivity index (χ3n) is 1.34. The van der Waals surface area contributed by atoms with Gasteiger partial charge in [0.2, 0.25) is 0 Å². The summed E-state index contributed by atoms with van der Waals surface area (Å²) in [4.78, 5) is 4.19. The molecule has 0 aromatic heterocycles. The van der Waals surface area contributed by atoms with E-state index in [1.807, 2.05) is 0 Å². The number of guanidine groups is 1. The van der Waals surface area contributed by atoms with Crippen molar-refractivity contribution in [2.24, 2.45) is 10.7 Å². The highest BCUT2D eigenvalue weighted by Crippen LogP contribution is 1.90. The zero-order valence-corrected chi connectivity index (χ0v) is 6.22. The second-order valence-electron chi connectivity index (χ2n) is 2.45. The predicted molar refractivity (Wildman–Crippen MR) is 42.0 cm³/mol. The number of rotatable bonds is 2. The summed E-state index contributed by atoms with van der Waals surface area (Å²) in [5.74, 6) is 0.887. The molecular formula is C6H14N4. The van der Waals surface area contributed by atoms with E-state index in [4.69, 9.17) is 5.73 Å². The minimum atomic E-state index is 0.472. The standard InChI is InChI=1S/C6H14N4/c1-5-4-9-6(10-5)8-3-2-7/h5H,2-4,7H2,1H3,(H2,8,9,10). The first-order valence-electron chi connectivity index (χ1n) is 3.58. The van der Waals surface area contributed by atoms with Gasteiger partial charge in [-0.25, -0.2) is 0 Å². The van der Waals surface area contributed by atoms with Gasteiger partial charge in [0.15, 0.2) is 5.96 Å². The van der Waals surface area contributed by atoms with Crippen molar-refractivity contribution in [1.29, 1.82) is 0 Å². The molecule has 1 aliphatic rings. The van der Waals surface area contributed by atoms with E-state index in [9.17, 15) is 0 Å². The fraction of sp³-hybridized carbons (Fsp3) is 0.833. The van der Waals surface area contributed by atoms with Crippen molar-refractivity contribution in [2.75, 3.05) is 19.6 Å². The van der Waals surface area contributed by atoms with Gasteiger partial charge in [0.25, 0.3) is 0 Å². The lowest BCUT2D eigenvalue weighted by Crippen LogP contribution is -2.39. The third kappa shape index (κ3) is 1.88. The molecule has 58 valence electrons. The van der Waals surface area contributed by atoms with Crippen LogP contribution < -0.4 is 16.4 Å². The molecule has 4 nitrogen and oxygen atoms in total. The smallest absolute Gasteiger partial charge is 0.191 e. The number of hydrogen-bond acceptors (Lipinski definition) is 4. The summed E-state index contributed by atoms with van der Waals surface area (Å²) in [5, 5.41) is 6.25. The van der Waals surface area contributed by atoms with Crippen molar-refractivity contribution in [3.8, 4) is 0 Å². The van der Waals surface area contributed by atoms with Crippen LogP contribution >= 0.6 is 0 Å². The molecule has 0 radical (unpaired) electrons. The molecule has 0 saturated carbocycles. The molecule has 1 rings (SSSR count). The summed E-state index contributed by atoms with van der Waals surface area (Å²) in [6.45, 7) is 4.40. The van der Waals surface area contributed by atoms with E-state index in [1.165, 1.54) is 0 Å². The fourth-order valence-corrected chi connectivity index (χ4v) is 0.850. The molecule has 0 bridgehead atoms. The van der Waals surface area contributed by atoms with Gasteiger partial charge in [0.05, 0.1) is 6.54 Å². The molecule has 0 spiro atoms. The Morgan fingerprint density at radius 1 is 1.90 bits per heavy atom. The van der Waals surface area contributed by atoms with Crippen molar-refractivity contribution in [1.82, 2.24) is 10.6 Å². The lowest BCUT2D eigenvalue weighted by Gasteiger charge is -2.06. The van der Waals surface area contributed by atoms with Crippen LogP contribution in [0.4, 0.5) is 0 Å². The van der Waals surface area contributed by atoms with Crippen LogP contribution in [0.25, 0.3) is 0 Å². The molecule has 0 aromatic carbocycles. The molecule has 0 fully saturated rings. The van der Waals surface area contributed by atoms with Gasteiger partial charge in [-0.3, -0.25) is 4.99 Å². The molecule has 4 heteroatoms. The molecule has 1 unspecified atom stereocenters. The molecule has 0 aromatic rings. The van der Waals surface area contributed by atoms with Crippen molar-refractivity contribution < 1.29 is 0 Å². The highest BCUT2D eigenvalue weighted by Gasteiger charge is 2.10. The Bertz CT molecular complexity index is 132. The van der Waals surface area contributed by atoms with E-state index in [1.54, 1.807) is 0 Å². The molecule has 0 aliphatic carbocycles. The lowest BCUT2D eigenvalue weighted by atomic mass is 10.4. The molecule has 1 heterocycles. The first-order valence-corrected chi connectivity index (χ1v) is 3.58. The van der Waals surface area contributed by atoms with Crippen LogP contribution in [-0.4, -0.2) is 31.6 Å². The van der Waals surface area contributed by atoms with Crippen LogP contribution in [0.1, 0.15) is 6.92 Å². The Morgan fingerprint density at radius 3 is 3.20 bits per heavy atom. The molecular weight excluding hydrogens is 128 g/mol. The van der Waals surface area contributed by atoms with Gasteiger partial charge >= 0.3 is 0 Å². The first kappa shape index (κ1) is 7.34. The quantitative estimate of drug-likeness (QED) is 0.458. The second-order valence-corrected chi connectivity index (χ2v) is 2.45. The Balaban J connectivity index is 2.17. The summed E-state index contributed by atoms with van der Waals surface area (Å²) in [5.41, 5.74) is 5.30. The average molecular weight is 142 g/mol. The van der Waals surface area contributed by atoms with E-state index in [0.717, 1.165) is 19.0 Å². The van der Waals surface area contributed by atoms with E-state index in [0.29, 0.717) is 12.6 Å². The molecule has 1 atom stereocenters. The van der Waals surface area contributed by atoms with Crippen LogP contribution in [0, 0.1) is 0 Å². The molecule has 0 saturated heterocycles. The largest absolute Gasteiger partial charge is 0.355 e. The minimum Gasteiger partial charge on any atom is -0.355 e. The van der Waals surface area contributed by atoms with Gasteiger partial charge in [-0.05, 0) is 6.92 Å². The maximum Gasteiger partial charge on any atom is 0.191 e. The Hall–Kier alpha value is -0.770. The molecule has 1 aliphatic heterocycles. The maximum atomic E-state index is 5.30. The van der Waals surface area contributed by atoms with E-state index >= 15 is 0 Å². The number of nitrogens with one attached hydrogen (secondary N) is 2.